The molecule has 0 rings (SSSR count). The first-order chi connectivity index (χ1) is 18.3. The van der Waals surface area contributed by atoms with E-state index in [0.717, 1.165) is 12.8 Å². The molecule has 0 aromatic rings. The highest BCUT2D eigenvalue weighted by Crippen LogP contribution is 2.13. The first-order valence-electron chi connectivity index (χ1n) is 14.3. The van der Waals surface area contributed by atoms with E-state index in [1.165, 1.54) is 84.0 Å². The van der Waals surface area contributed by atoms with Crippen molar-refractivity contribution in [1.82, 2.24) is 21.3 Å². The molecule has 0 radical (unpaired) electrons. The summed E-state index contributed by atoms with van der Waals surface area (Å²) in [4.78, 5) is 47.8. The Morgan fingerprint density at radius 3 is 1.66 bits per heavy atom. The van der Waals surface area contributed by atoms with Crippen molar-refractivity contribution in [3.8, 4) is 12.3 Å². The molecule has 0 aliphatic carbocycles. The Morgan fingerprint density at radius 2 is 1.16 bits per heavy atom. The van der Waals surface area contributed by atoms with Crippen molar-refractivity contribution >= 4 is 40.7 Å². The van der Waals surface area contributed by atoms with Crippen molar-refractivity contribution in [1.29, 1.82) is 0 Å². The summed E-state index contributed by atoms with van der Waals surface area (Å²) in [6, 6.07) is 0. The zero-order chi connectivity index (χ0) is 28.4. The molecule has 4 N–H and O–H groups in total. The molecule has 8 nitrogen and oxygen atoms in total. The van der Waals surface area contributed by atoms with Crippen molar-refractivity contribution in [2.75, 3.05) is 26.2 Å². The Hall–Kier alpha value is -2.47. The minimum absolute atomic E-state index is 0.0596. The summed E-state index contributed by atoms with van der Waals surface area (Å²) in [6.07, 6.45) is 22.9. The summed E-state index contributed by atoms with van der Waals surface area (Å²) >= 11 is 5.24. The van der Waals surface area contributed by atoms with Crippen LogP contribution < -0.4 is 21.3 Å². The third-order valence-corrected chi connectivity index (χ3v) is 6.73. The number of carbonyl (C=O) groups excluding carboxylic acids is 4. The van der Waals surface area contributed by atoms with Gasteiger partial charge in [0, 0.05) is 13.0 Å². The van der Waals surface area contributed by atoms with Gasteiger partial charge < -0.3 is 21.3 Å². The van der Waals surface area contributed by atoms with Gasteiger partial charge in [0.15, 0.2) is 0 Å². The lowest BCUT2D eigenvalue weighted by atomic mass is 10.0. The standard InChI is InChI=1S/C29H50N4O4S/c1-4-6-7-8-9-10-11-12-13-14-15-16-17-18-20-31-26(35)21-25(24(3)34)29(38)33-23-28(37)32-22-27(36)30-19-5-2/h2,25H,4,6-23H2,1,3H3,(H,30,36)(H,31,35)(H,32,37)(H,33,38). The van der Waals surface area contributed by atoms with Crippen LogP contribution >= 0.6 is 12.2 Å². The maximum absolute atomic E-state index is 12.3. The molecule has 1 unspecified atom stereocenters. The summed E-state index contributed by atoms with van der Waals surface area (Å²) in [7, 11) is 0. The molecule has 0 aliphatic rings. The van der Waals surface area contributed by atoms with E-state index in [-0.39, 0.29) is 42.7 Å². The van der Waals surface area contributed by atoms with Gasteiger partial charge in [-0.25, -0.2) is 0 Å². The second kappa shape index (κ2) is 24.8. The van der Waals surface area contributed by atoms with Gasteiger partial charge in [0.05, 0.1) is 30.5 Å². The van der Waals surface area contributed by atoms with Gasteiger partial charge in [-0.2, -0.15) is 0 Å². The van der Waals surface area contributed by atoms with E-state index < -0.39 is 17.7 Å². The highest BCUT2D eigenvalue weighted by Gasteiger charge is 2.23. The summed E-state index contributed by atoms with van der Waals surface area (Å²) in [6.45, 7) is 3.86. The molecular weight excluding hydrogens is 500 g/mol. The van der Waals surface area contributed by atoms with Crippen molar-refractivity contribution in [3.05, 3.63) is 0 Å². The van der Waals surface area contributed by atoms with Crippen LogP contribution in [0.4, 0.5) is 0 Å². The fraction of sp³-hybridized carbons (Fsp3) is 0.759. The minimum atomic E-state index is -0.798. The lowest BCUT2D eigenvalue weighted by molar-refractivity contribution is -0.126. The van der Waals surface area contributed by atoms with Crippen LogP contribution in [0.2, 0.25) is 0 Å². The molecule has 0 bridgehead atoms. The highest BCUT2D eigenvalue weighted by molar-refractivity contribution is 7.80. The van der Waals surface area contributed by atoms with Crippen LogP contribution in [0.3, 0.4) is 0 Å². The summed E-state index contributed by atoms with van der Waals surface area (Å²) < 4.78 is 0. The van der Waals surface area contributed by atoms with E-state index >= 15 is 0 Å². The minimum Gasteiger partial charge on any atom is -0.370 e. The van der Waals surface area contributed by atoms with E-state index in [2.05, 4.69) is 34.1 Å². The zero-order valence-electron chi connectivity index (χ0n) is 23.6. The summed E-state index contributed by atoms with van der Waals surface area (Å²) in [5.41, 5.74) is 0. The second-order valence-corrected chi connectivity index (χ2v) is 10.2. The molecule has 0 aromatic heterocycles. The van der Waals surface area contributed by atoms with Crippen LogP contribution in [-0.2, 0) is 19.2 Å². The number of rotatable bonds is 24. The molecule has 9 heteroatoms. The third-order valence-electron chi connectivity index (χ3n) is 6.31. The van der Waals surface area contributed by atoms with Crippen molar-refractivity contribution in [2.24, 2.45) is 5.92 Å². The van der Waals surface area contributed by atoms with Gasteiger partial charge in [0.2, 0.25) is 17.7 Å². The van der Waals surface area contributed by atoms with Gasteiger partial charge in [0.1, 0.15) is 5.78 Å². The van der Waals surface area contributed by atoms with E-state index in [4.69, 9.17) is 18.6 Å². The van der Waals surface area contributed by atoms with E-state index in [9.17, 15) is 19.2 Å². The number of amides is 3. The van der Waals surface area contributed by atoms with Crippen molar-refractivity contribution in [2.45, 2.75) is 110 Å². The van der Waals surface area contributed by atoms with Crippen molar-refractivity contribution < 1.29 is 19.2 Å². The number of ketones is 1. The van der Waals surface area contributed by atoms with Gasteiger partial charge in [-0.1, -0.05) is 109 Å². The molecule has 216 valence electrons. The van der Waals surface area contributed by atoms with Crippen LogP contribution in [0, 0.1) is 18.3 Å². The normalized spacial score (nSPS) is 11.2. The lowest BCUT2D eigenvalue weighted by Gasteiger charge is -2.16. The average molecular weight is 551 g/mol. The molecule has 0 saturated heterocycles. The predicted octanol–water partition coefficient (Wildman–Crippen LogP) is 3.96. The van der Waals surface area contributed by atoms with Crippen LogP contribution in [0.1, 0.15) is 110 Å². The van der Waals surface area contributed by atoms with E-state index in [0.29, 0.717) is 6.54 Å². The fourth-order valence-corrected chi connectivity index (χ4v) is 4.29. The first kappa shape index (κ1) is 35.5. The Kier molecular flexibility index (Phi) is 23.2. The number of hydrogen-bond acceptors (Lipinski definition) is 5. The monoisotopic (exact) mass is 550 g/mol. The number of Topliss-reactive ketones (excluding diaryl/α,β-unsaturated/α-hetero) is 1. The van der Waals surface area contributed by atoms with Gasteiger partial charge >= 0.3 is 0 Å². The van der Waals surface area contributed by atoms with Crippen LogP contribution in [-0.4, -0.2) is 54.7 Å². The summed E-state index contributed by atoms with van der Waals surface area (Å²) in [5, 5.41) is 10.4. The number of unbranched alkanes of at least 4 members (excludes halogenated alkanes) is 13. The van der Waals surface area contributed by atoms with Gasteiger partial charge in [0.25, 0.3) is 0 Å². The average Bonchev–Trinajstić information content (AvgIpc) is 2.89. The van der Waals surface area contributed by atoms with Crippen LogP contribution in [0.25, 0.3) is 0 Å². The molecule has 0 fully saturated rings. The molecule has 0 saturated carbocycles. The zero-order valence-corrected chi connectivity index (χ0v) is 24.4. The van der Waals surface area contributed by atoms with E-state index in [1.807, 2.05) is 0 Å². The van der Waals surface area contributed by atoms with E-state index in [1.54, 1.807) is 0 Å². The Labute approximate surface area is 235 Å². The number of terminal acetylenes is 1. The van der Waals surface area contributed by atoms with Crippen molar-refractivity contribution in [3.63, 3.8) is 0 Å². The highest BCUT2D eigenvalue weighted by atomic mass is 32.1. The molecule has 0 aliphatic heterocycles. The van der Waals surface area contributed by atoms with Gasteiger partial charge in [-0.3, -0.25) is 19.2 Å². The fourth-order valence-electron chi connectivity index (χ4n) is 3.97. The molecule has 3 amide bonds. The van der Waals surface area contributed by atoms with Crippen LogP contribution in [0.15, 0.2) is 0 Å². The number of hydrogen-bond donors (Lipinski definition) is 4. The molecule has 0 aromatic carbocycles. The molecule has 0 heterocycles. The molecule has 0 spiro atoms. The Bertz CT molecular complexity index is 751. The number of carbonyl (C=O) groups is 4. The summed E-state index contributed by atoms with van der Waals surface area (Å²) in [5.74, 6) is 0.110. The van der Waals surface area contributed by atoms with Crippen LogP contribution in [0.5, 0.6) is 0 Å². The molecular formula is C29H50N4O4S. The maximum atomic E-state index is 12.3. The Balaban J connectivity index is 3.88. The smallest absolute Gasteiger partial charge is 0.240 e. The number of thiocarbonyl (C=S) groups is 1. The topological polar surface area (TPSA) is 116 Å². The Morgan fingerprint density at radius 1 is 0.684 bits per heavy atom. The van der Waals surface area contributed by atoms with Gasteiger partial charge in [-0.15, -0.1) is 6.42 Å². The molecule has 1 atom stereocenters. The quantitative estimate of drug-likeness (QED) is 0.0821. The third kappa shape index (κ3) is 21.6. The van der Waals surface area contributed by atoms with Gasteiger partial charge in [-0.05, 0) is 13.3 Å². The maximum Gasteiger partial charge on any atom is 0.240 e. The number of nitrogens with one attached hydrogen (secondary N) is 4. The second-order valence-electron chi connectivity index (χ2n) is 9.79. The lowest BCUT2D eigenvalue weighted by Crippen LogP contribution is -2.44. The SMILES string of the molecule is C#CCNC(=O)CNC(=O)CNC(=S)C(CC(=O)NCCCCCCCCCCCCCCCC)C(C)=O. The molecule has 38 heavy (non-hydrogen) atoms. The largest absolute Gasteiger partial charge is 0.370 e. The predicted molar refractivity (Wildman–Crippen MR) is 158 cm³/mol. The first-order valence-corrected chi connectivity index (χ1v) is 14.7.